The number of hydrogen-bond donors (Lipinski definition) is 1. The van der Waals surface area contributed by atoms with Crippen molar-refractivity contribution in [2.24, 2.45) is 0 Å². The normalized spacial score (nSPS) is 11.4. The molecule has 0 radical (unpaired) electrons. The lowest BCUT2D eigenvalue weighted by atomic mass is 10.2. The summed E-state index contributed by atoms with van der Waals surface area (Å²) in [6.45, 7) is 1.77. The molecule has 0 aliphatic heterocycles. The van der Waals surface area contributed by atoms with Crippen LogP contribution in [0, 0.1) is 0 Å². The predicted molar refractivity (Wildman–Crippen MR) is 68.9 cm³/mol. The van der Waals surface area contributed by atoms with Gasteiger partial charge in [0, 0.05) is 0 Å². The number of nitrogens with two attached hydrogens (primary N) is 1. The van der Waals surface area contributed by atoms with Gasteiger partial charge in [-0.1, -0.05) is 6.07 Å². The third-order valence-electron chi connectivity index (χ3n) is 2.65. The number of carbonyl (C=O) groups excluding carboxylic acids is 1. The Kier molecular flexibility index (Phi) is 3.88. The highest BCUT2D eigenvalue weighted by Crippen LogP contribution is 2.30. The fraction of sp³-hybridized carbons (Fsp3) is 0.231. The van der Waals surface area contributed by atoms with Gasteiger partial charge in [0.15, 0.2) is 5.69 Å². The molecule has 0 amide bonds. The molecule has 8 heteroatoms. The molecule has 0 aliphatic rings. The molecule has 112 valence electrons. The van der Waals surface area contributed by atoms with Crippen molar-refractivity contribution in [3.8, 4) is 5.69 Å². The lowest BCUT2D eigenvalue weighted by molar-refractivity contribution is -0.137. The quantitative estimate of drug-likeness (QED) is 0.885. The van der Waals surface area contributed by atoms with Gasteiger partial charge >= 0.3 is 12.1 Å². The number of hydrogen-bond acceptors (Lipinski definition) is 4. The van der Waals surface area contributed by atoms with E-state index in [-0.39, 0.29) is 23.7 Å². The van der Waals surface area contributed by atoms with Crippen LogP contribution >= 0.6 is 0 Å². The number of nitrogen functional groups attached to an aromatic ring is 1. The summed E-state index contributed by atoms with van der Waals surface area (Å²) in [5.41, 5.74) is 4.86. The van der Waals surface area contributed by atoms with Crippen molar-refractivity contribution in [2.45, 2.75) is 13.1 Å². The predicted octanol–water partition coefficient (Wildman–Crippen LogP) is 2.65. The molecule has 21 heavy (non-hydrogen) atoms. The number of halogens is 3. The summed E-state index contributed by atoms with van der Waals surface area (Å²) >= 11 is 0. The summed E-state index contributed by atoms with van der Waals surface area (Å²) in [6, 6.07) is 4.54. The maximum atomic E-state index is 12.7. The molecule has 0 unspecified atom stereocenters. The second kappa shape index (κ2) is 5.47. The molecule has 1 aromatic carbocycles. The Morgan fingerprint density at radius 2 is 2.14 bits per heavy atom. The van der Waals surface area contributed by atoms with Crippen LogP contribution in [-0.4, -0.2) is 22.4 Å². The van der Waals surface area contributed by atoms with Crippen LogP contribution in [0.1, 0.15) is 23.0 Å². The first-order chi connectivity index (χ1) is 9.82. The van der Waals surface area contributed by atoms with Crippen LogP contribution in [0.4, 0.5) is 18.9 Å². The molecule has 0 bridgehead atoms. The van der Waals surface area contributed by atoms with E-state index in [4.69, 9.17) is 10.5 Å². The molecular weight excluding hydrogens is 287 g/mol. The Bertz CT molecular complexity index is 665. The summed E-state index contributed by atoms with van der Waals surface area (Å²) in [4.78, 5) is 11.6. The average Bonchev–Trinajstić information content (AvgIpc) is 2.80. The summed E-state index contributed by atoms with van der Waals surface area (Å²) in [6.07, 6.45) is -3.19. The molecule has 0 spiro atoms. The third-order valence-corrected chi connectivity index (χ3v) is 2.65. The average molecular weight is 299 g/mol. The van der Waals surface area contributed by atoms with Gasteiger partial charge in [0.1, 0.15) is 0 Å². The molecule has 0 fully saturated rings. The lowest BCUT2D eigenvalue weighted by Gasteiger charge is -2.08. The van der Waals surface area contributed by atoms with E-state index in [0.717, 1.165) is 16.8 Å². The zero-order valence-corrected chi connectivity index (χ0v) is 11.0. The Morgan fingerprint density at radius 1 is 1.43 bits per heavy atom. The monoisotopic (exact) mass is 299 g/mol. The van der Waals surface area contributed by atoms with Gasteiger partial charge < -0.3 is 10.5 Å². The largest absolute Gasteiger partial charge is 0.461 e. The number of benzene rings is 1. The van der Waals surface area contributed by atoms with Crippen LogP contribution in [-0.2, 0) is 10.9 Å². The minimum Gasteiger partial charge on any atom is -0.461 e. The van der Waals surface area contributed by atoms with Gasteiger partial charge in [-0.25, -0.2) is 9.48 Å². The van der Waals surface area contributed by atoms with Crippen LogP contribution in [0.25, 0.3) is 5.69 Å². The lowest BCUT2D eigenvalue weighted by Crippen LogP contribution is -2.09. The fourth-order valence-corrected chi connectivity index (χ4v) is 1.70. The number of aromatic nitrogens is 2. The van der Waals surface area contributed by atoms with E-state index in [2.05, 4.69) is 5.10 Å². The second-order valence-electron chi connectivity index (χ2n) is 4.15. The van der Waals surface area contributed by atoms with Crippen molar-refractivity contribution in [1.82, 2.24) is 9.78 Å². The highest BCUT2D eigenvalue weighted by atomic mass is 19.4. The van der Waals surface area contributed by atoms with Crippen molar-refractivity contribution < 1.29 is 22.7 Å². The molecule has 2 aromatic rings. The first kappa shape index (κ1) is 14.9. The van der Waals surface area contributed by atoms with E-state index in [1.807, 2.05) is 0 Å². The minimum atomic E-state index is -4.46. The van der Waals surface area contributed by atoms with E-state index in [9.17, 15) is 18.0 Å². The van der Waals surface area contributed by atoms with Gasteiger partial charge in [0.2, 0.25) is 0 Å². The summed E-state index contributed by atoms with van der Waals surface area (Å²) in [7, 11) is 0. The van der Waals surface area contributed by atoms with E-state index in [1.54, 1.807) is 6.92 Å². The van der Waals surface area contributed by atoms with Gasteiger partial charge in [-0.3, -0.25) is 0 Å². The zero-order chi connectivity index (χ0) is 15.6. The van der Waals surface area contributed by atoms with Crippen molar-refractivity contribution >= 4 is 11.7 Å². The molecular formula is C13H12F3N3O2. The van der Waals surface area contributed by atoms with E-state index in [1.165, 1.54) is 18.3 Å². The van der Waals surface area contributed by atoms with Crippen LogP contribution in [0.2, 0.25) is 0 Å². The van der Waals surface area contributed by atoms with Gasteiger partial charge in [-0.05, 0) is 25.1 Å². The Morgan fingerprint density at radius 3 is 2.76 bits per heavy atom. The molecule has 2 N–H and O–H groups in total. The highest BCUT2D eigenvalue weighted by molar-refractivity contribution is 5.92. The summed E-state index contributed by atoms with van der Waals surface area (Å²) in [5.74, 6) is -0.722. The van der Waals surface area contributed by atoms with Crippen LogP contribution in [0.5, 0.6) is 0 Å². The van der Waals surface area contributed by atoms with Gasteiger partial charge in [0.25, 0.3) is 0 Å². The Hall–Kier alpha value is -2.51. The van der Waals surface area contributed by atoms with Crippen LogP contribution < -0.4 is 5.73 Å². The Labute approximate surface area is 118 Å². The van der Waals surface area contributed by atoms with E-state index in [0.29, 0.717) is 0 Å². The van der Waals surface area contributed by atoms with Gasteiger partial charge in [-0.15, -0.1) is 0 Å². The molecule has 0 saturated heterocycles. The van der Waals surface area contributed by atoms with Crippen molar-refractivity contribution in [2.75, 3.05) is 12.3 Å². The standard InChI is InChI=1S/C13H12F3N3O2/c1-2-21-12(20)11-10(17)7-19(18-11)9-5-3-4-8(6-9)13(14,15)16/h3-7H,2,17H2,1H3. The smallest absolute Gasteiger partial charge is 0.416 e. The molecule has 0 saturated carbocycles. The number of alkyl halides is 3. The molecule has 1 heterocycles. The van der Waals surface area contributed by atoms with Gasteiger partial charge in [0.05, 0.1) is 29.7 Å². The number of anilines is 1. The van der Waals surface area contributed by atoms with E-state index < -0.39 is 17.7 Å². The molecule has 5 nitrogen and oxygen atoms in total. The van der Waals surface area contributed by atoms with Crippen LogP contribution in [0.15, 0.2) is 30.5 Å². The fourth-order valence-electron chi connectivity index (χ4n) is 1.70. The first-order valence-corrected chi connectivity index (χ1v) is 6.03. The summed E-state index contributed by atoms with van der Waals surface area (Å²) in [5, 5.41) is 3.87. The molecule has 0 atom stereocenters. The third kappa shape index (κ3) is 3.15. The first-order valence-electron chi connectivity index (χ1n) is 6.03. The van der Waals surface area contributed by atoms with Gasteiger partial charge in [-0.2, -0.15) is 18.3 Å². The topological polar surface area (TPSA) is 70.1 Å². The van der Waals surface area contributed by atoms with Crippen LogP contribution in [0.3, 0.4) is 0 Å². The maximum absolute atomic E-state index is 12.7. The van der Waals surface area contributed by atoms with E-state index >= 15 is 0 Å². The number of esters is 1. The summed E-state index contributed by atoms with van der Waals surface area (Å²) < 4.78 is 43.9. The minimum absolute atomic E-state index is 0.0332. The Balaban J connectivity index is 2.40. The number of nitrogens with zero attached hydrogens (tertiary/aromatic N) is 2. The molecule has 1 aromatic heterocycles. The number of carbonyl (C=O) groups is 1. The molecule has 0 aliphatic carbocycles. The van der Waals surface area contributed by atoms with Crippen molar-refractivity contribution in [3.05, 3.63) is 41.7 Å². The molecule has 2 rings (SSSR count). The second-order valence-corrected chi connectivity index (χ2v) is 4.15. The number of ether oxygens (including phenoxy) is 1. The van der Waals surface area contributed by atoms with Crippen molar-refractivity contribution in [1.29, 1.82) is 0 Å². The SMILES string of the molecule is CCOC(=O)c1nn(-c2cccc(C(F)(F)F)c2)cc1N. The zero-order valence-electron chi connectivity index (χ0n) is 11.0. The maximum Gasteiger partial charge on any atom is 0.416 e. The van der Waals surface area contributed by atoms with Crippen molar-refractivity contribution in [3.63, 3.8) is 0 Å². The number of rotatable bonds is 3. The highest BCUT2D eigenvalue weighted by Gasteiger charge is 2.30.